The molecule has 1 aromatic rings. The van der Waals surface area contributed by atoms with Gasteiger partial charge in [0, 0.05) is 6.04 Å². The van der Waals surface area contributed by atoms with Crippen molar-refractivity contribution in [3.05, 3.63) is 48.6 Å². The number of rotatable bonds is 4. The molecule has 1 nitrogen and oxygen atoms in total. The second kappa shape index (κ2) is 3.58. The van der Waals surface area contributed by atoms with Crippen molar-refractivity contribution >= 4 is 0 Å². The maximum Gasteiger partial charge on any atom is 0.0591 e. The minimum absolute atomic E-state index is 0.0670. The minimum atomic E-state index is -0.0670. The molecule has 0 amide bonds. The Morgan fingerprint density at radius 1 is 1.36 bits per heavy atom. The minimum Gasteiger partial charge on any atom is -0.302 e. The largest absolute Gasteiger partial charge is 0.302 e. The average molecular weight is 187 g/mol. The van der Waals surface area contributed by atoms with Crippen molar-refractivity contribution in [2.45, 2.75) is 31.3 Å². The van der Waals surface area contributed by atoms with Gasteiger partial charge >= 0.3 is 0 Å². The fourth-order valence-corrected chi connectivity index (χ4v) is 1.70. The third-order valence-corrected chi connectivity index (χ3v) is 2.86. The number of benzene rings is 1. The predicted molar refractivity (Wildman–Crippen MR) is 60.1 cm³/mol. The maximum atomic E-state index is 3.93. The van der Waals surface area contributed by atoms with Gasteiger partial charge in [0.05, 0.1) is 5.54 Å². The van der Waals surface area contributed by atoms with E-state index in [4.69, 9.17) is 0 Å². The van der Waals surface area contributed by atoms with Crippen molar-refractivity contribution in [3.8, 4) is 0 Å². The summed E-state index contributed by atoms with van der Waals surface area (Å²) < 4.78 is 0. The van der Waals surface area contributed by atoms with E-state index in [0.717, 1.165) is 0 Å². The zero-order valence-electron chi connectivity index (χ0n) is 8.66. The van der Waals surface area contributed by atoms with Gasteiger partial charge in [0.2, 0.25) is 0 Å². The standard InChI is InChI=1S/C13H17N/c1-3-13(2,14-12-9-10-12)11-7-5-4-6-8-11/h3-8,12,14H,1,9-10H2,2H3/t13-/m0/s1. The average Bonchev–Trinajstić information content (AvgIpc) is 3.03. The molecule has 0 spiro atoms. The summed E-state index contributed by atoms with van der Waals surface area (Å²) in [5, 5.41) is 3.62. The van der Waals surface area contributed by atoms with Crippen LogP contribution >= 0.6 is 0 Å². The zero-order valence-corrected chi connectivity index (χ0v) is 8.66. The fraction of sp³-hybridized carbons (Fsp3) is 0.385. The van der Waals surface area contributed by atoms with Gasteiger partial charge in [-0.3, -0.25) is 0 Å². The van der Waals surface area contributed by atoms with Crippen LogP contribution in [0, 0.1) is 0 Å². The third kappa shape index (κ3) is 1.88. The van der Waals surface area contributed by atoms with E-state index in [0.29, 0.717) is 6.04 Å². The molecule has 1 N–H and O–H groups in total. The van der Waals surface area contributed by atoms with Crippen molar-refractivity contribution in [3.63, 3.8) is 0 Å². The normalized spacial score (nSPS) is 20.1. The lowest BCUT2D eigenvalue weighted by molar-refractivity contribution is 0.451. The van der Waals surface area contributed by atoms with Gasteiger partial charge in [0.1, 0.15) is 0 Å². The number of hydrogen-bond acceptors (Lipinski definition) is 1. The Balaban J connectivity index is 2.21. The van der Waals surface area contributed by atoms with Gasteiger partial charge in [-0.1, -0.05) is 36.4 Å². The van der Waals surface area contributed by atoms with Crippen LogP contribution in [0.2, 0.25) is 0 Å². The quantitative estimate of drug-likeness (QED) is 0.715. The van der Waals surface area contributed by atoms with E-state index < -0.39 is 0 Å². The Morgan fingerprint density at radius 3 is 2.50 bits per heavy atom. The lowest BCUT2D eigenvalue weighted by Gasteiger charge is -2.28. The molecule has 1 aliphatic rings. The molecule has 0 radical (unpaired) electrons. The predicted octanol–water partition coefficient (Wildman–Crippen LogP) is 2.84. The first-order valence-corrected chi connectivity index (χ1v) is 5.21. The van der Waals surface area contributed by atoms with E-state index in [1.165, 1.54) is 18.4 Å². The molecule has 1 aromatic carbocycles. The molecule has 1 heteroatoms. The van der Waals surface area contributed by atoms with Crippen LogP contribution in [0.4, 0.5) is 0 Å². The summed E-state index contributed by atoms with van der Waals surface area (Å²) in [6.07, 6.45) is 4.60. The molecule has 0 aromatic heterocycles. The molecule has 1 fully saturated rings. The highest BCUT2D eigenvalue weighted by Crippen LogP contribution is 2.28. The third-order valence-electron chi connectivity index (χ3n) is 2.86. The van der Waals surface area contributed by atoms with E-state index in [1.54, 1.807) is 0 Å². The van der Waals surface area contributed by atoms with Crippen LogP contribution in [0.3, 0.4) is 0 Å². The molecule has 74 valence electrons. The molecule has 1 saturated carbocycles. The zero-order chi connectivity index (χ0) is 10.0. The highest BCUT2D eigenvalue weighted by Gasteiger charge is 2.31. The first-order valence-electron chi connectivity index (χ1n) is 5.21. The summed E-state index contributed by atoms with van der Waals surface area (Å²) in [6, 6.07) is 11.2. The van der Waals surface area contributed by atoms with Crippen LogP contribution in [0.1, 0.15) is 25.3 Å². The van der Waals surface area contributed by atoms with Gasteiger partial charge in [0.25, 0.3) is 0 Å². The second-order valence-electron chi connectivity index (χ2n) is 4.19. The Hall–Kier alpha value is -1.08. The molecule has 14 heavy (non-hydrogen) atoms. The Kier molecular flexibility index (Phi) is 2.42. The second-order valence-corrected chi connectivity index (χ2v) is 4.19. The maximum absolute atomic E-state index is 3.93. The van der Waals surface area contributed by atoms with Gasteiger partial charge in [-0.15, -0.1) is 6.58 Å². The number of nitrogens with one attached hydrogen (secondary N) is 1. The van der Waals surface area contributed by atoms with Gasteiger partial charge in [-0.2, -0.15) is 0 Å². The molecular formula is C13H17N. The van der Waals surface area contributed by atoms with E-state index in [9.17, 15) is 0 Å². The highest BCUT2D eigenvalue weighted by atomic mass is 15.0. The summed E-state index contributed by atoms with van der Waals surface area (Å²) in [4.78, 5) is 0. The molecule has 0 unspecified atom stereocenters. The molecule has 2 rings (SSSR count). The summed E-state index contributed by atoms with van der Waals surface area (Å²) in [7, 11) is 0. The first kappa shape index (κ1) is 9.47. The fourth-order valence-electron chi connectivity index (χ4n) is 1.70. The Labute approximate surface area is 85.8 Å². The van der Waals surface area contributed by atoms with E-state index in [-0.39, 0.29) is 5.54 Å². The molecule has 0 saturated heterocycles. The van der Waals surface area contributed by atoms with Crippen LogP contribution in [0.5, 0.6) is 0 Å². The Morgan fingerprint density at radius 2 is 2.00 bits per heavy atom. The summed E-state index contributed by atoms with van der Waals surface area (Å²) in [6.45, 7) is 6.12. The highest BCUT2D eigenvalue weighted by molar-refractivity contribution is 5.28. The van der Waals surface area contributed by atoms with Crippen LogP contribution in [-0.4, -0.2) is 6.04 Å². The van der Waals surface area contributed by atoms with Crippen LogP contribution in [-0.2, 0) is 5.54 Å². The van der Waals surface area contributed by atoms with Crippen LogP contribution in [0.15, 0.2) is 43.0 Å². The van der Waals surface area contributed by atoms with Gasteiger partial charge in [-0.25, -0.2) is 0 Å². The van der Waals surface area contributed by atoms with Crippen molar-refractivity contribution < 1.29 is 0 Å². The molecule has 1 atom stereocenters. The van der Waals surface area contributed by atoms with Crippen molar-refractivity contribution in [2.75, 3.05) is 0 Å². The van der Waals surface area contributed by atoms with E-state index >= 15 is 0 Å². The van der Waals surface area contributed by atoms with Crippen molar-refractivity contribution in [1.29, 1.82) is 0 Å². The summed E-state index contributed by atoms with van der Waals surface area (Å²) in [5.41, 5.74) is 1.23. The molecule has 0 bridgehead atoms. The number of hydrogen-bond donors (Lipinski definition) is 1. The Bertz CT molecular complexity index is 313. The molecule has 1 aliphatic carbocycles. The van der Waals surface area contributed by atoms with Crippen molar-refractivity contribution in [1.82, 2.24) is 5.32 Å². The topological polar surface area (TPSA) is 12.0 Å². The van der Waals surface area contributed by atoms with E-state index in [1.807, 2.05) is 12.1 Å². The summed E-state index contributed by atoms with van der Waals surface area (Å²) >= 11 is 0. The smallest absolute Gasteiger partial charge is 0.0591 e. The first-order chi connectivity index (χ1) is 6.74. The molecule has 0 heterocycles. The van der Waals surface area contributed by atoms with Gasteiger partial charge < -0.3 is 5.32 Å². The van der Waals surface area contributed by atoms with E-state index in [2.05, 4.69) is 43.1 Å². The van der Waals surface area contributed by atoms with Gasteiger partial charge in [-0.05, 0) is 25.3 Å². The molecular weight excluding hydrogens is 170 g/mol. The lowest BCUT2D eigenvalue weighted by Crippen LogP contribution is -2.38. The summed E-state index contributed by atoms with van der Waals surface area (Å²) in [5.74, 6) is 0. The lowest BCUT2D eigenvalue weighted by atomic mass is 9.92. The van der Waals surface area contributed by atoms with Crippen LogP contribution < -0.4 is 5.32 Å². The molecule has 0 aliphatic heterocycles. The SMILES string of the molecule is C=C[C@](C)(NC1CC1)c1ccccc1. The monoisotopic (exact) mass is 187 g/mol. The van der Waals surface area contributed by atoms with Crippen LogP contribution in [0.25, 0.3) is 0 Å². The van der Waals surface area contributed by atoms with Gasteiger partial charge in [0.15, 0.2) is 0 Å². The van der Waals surface area contributed by atoms with Crippen molar-refractivity contribution in [2.24, 2.45) is 0 Å².